The molecule has 0 bridgehead atoms. The molecule has 0 saturated heterocycles. The topological polar surface area (TPSA) is 0 Å². The number of rotatable bonds is 8. The lowest BCUT2D eigenvalue weighted by molar-refractivity contribution is 0.704. The second kappa shape index (κ2) is 9.05. The molecule has 0 aliphatic heterocycles. The highest BCUT2D eigenvalue weighted by Gasteiger charge is 1.98. The van der Waals surface area contributed by atoms with E-state index in [-0.39, 0.29) is 0 Å². The van der Waals surface area contributed by atoms with Crippen molar-refractivity contribution in [1.82, 2.24) is 0 Å². The Hall–Kier alpha value is -0.520. The maximum absolute atomic E-state index is 3.91. The summed E-state index contributed by atoms with van der Waals surface area (Å²) >= 11 is 0. The van der Waals surface area contributed by atoms with Crippen LogP contribution in [-0.2, 0) is 0 Å². The highest BCUT2D eigenvalue weighted by Crippen LogP contribution is 2.18. The Morgan fingerprint density at radius 2 is 1.64 bits per heavy atom. The van der Waals surface area contributed by atoms with Gasteiger partial charge in [0, 0.05) is 0 Å². The number of unbranched alkanes of at least 4 members (excludes halogenated alkanes) is 3. The molecule has 0 radical (unpaired) electrons. The summed E-state index contributed by atoms with van der Waals surface area (Å²) in [6, 6.07) is 0. The van der Waals surface area contributed by atoms with E-state index in [1.54, 1.807) is 5.57 Å². The average molecular weight is 194 g/mol. The van der Waals surface area contributed by atoms with E-state index >= 15 is 0 Å². The molecule has 0 aromatic heterocycles. The van der Waals surface area contributed by atoms with Crippen LogP contribution in [0.5, 0.6) is 0 Å². The summed E-state index contributed by atoms with van der Waals surface area (Å²) in [4.78, 5) is 0. The van der Waals surface area contributed by atoms with Crippen LogP contribution >= 0.6 is 0 Å². The molecule has 0 atom stereocenters. The Morgan fingerprint density at radius 3 is 2.14 bits per heavy atom. The van der Waals surface area contributed by atoms with E-state index in [1.165, 1.54) is 50.5 Å². The van der Waals surface area contributed by atoms with Gasteiger partial charge in [0.2, 0.25) is 0 Å². The van der Waals surface area contributed by atoms with Crippen LogP contribution in [-0.4, -0.2) is 0 Å². The average Bonchev–Trinajstić information content (AvgIpc) is 2.19. The van der Waals surface area contributed by atoms with Crippen LogP contribution < -0.4 is 0 Å². The van der Waals surface area contributed by atoms with Gasteiger partial charge < -0.3 is 0 Å². The zero-order chi connectivity index (χ0) is 10.8. The maximum Gasteiger partial charge on any atom is -0.0280 e. The predicted octanol–water partition coefficient (Wildman–Crippen LogP) is 5.26. The lowest BCUT2D eigenvalue weighted by Crippen LogP contribution is -1.87. The molecule has 0 nitrogen and oxygen atoms in total. The Balaban J connectivity index is 3.98. The standard InChI is InChI=1S/C14H26/c1-5-8-10-11-13(4)14(7-3)12-9-6-2/h7H,3,5-6,8-12H2,1-2,4H3/b14-13-. The molecule has 0 rings (SSSR count). The summed E-state index contributed by atoms with van der Waals surface area (Å²) in [6.45, 7) is 10.7. The molecule has 0 aromatic rings. The molecule has 0 spiro atoms. The molecule has 0 aliphatic carbocycles. The van der Waals surface area contributed by atoms with Crippen LogP contribution in [0.25, 0.3) is 0 Å². The zero-order valence-corrected chi connectivity index (χ0v) is 10.2. The van der Waals surface area contributed by atoms with Crippen molar-refractivity contribution in [3.05, 3.63) is 23.8 Å². The summed E-state index contributed by atoms with van der Waals surface area (Å²) in [5.41, 5.74) is 3.05. The van der Waals surface area contributed by atoms with Gasteiger partial charge in [-0.2, -0.15) is 0 Å². The van der Waals surface area contributed by atoms with E-state index in [4.69, 9.17) is 0 Å². The molecular formula is C14H26. The Bertz CT molecular complexity index is 174. The van der Waals surface area contributed by atoms with Crippen molar-refractivity contribution >= 4 is 0 Å². The fourth-order valence-corrected chi connectivity index (χ4v) is 1.66. The fraction of sp³-hybridized carbons (Fsp3) is 0.714. The summed E-state index contributed by atoms with van der Waals surface area (Å²) in [7, 11) is 0. The van der Waals surface area contributed by atoms with E-state index in [2.05, 4.69) is 33.4 Å². The highest BCUT2D eigenvalue weighted by atomic mass is 14.0. The smallest absolute Gasteiger partial charge is 0.0280 e. The predicted molar refractivity (Wildman–Crippen MR) is 66.6 cm³/mol. The molecule has 0 unspecified atom stereocenters. The van der Waals surface area contributed by atoms with E-state index in [9.17, 15) is 0 Å². The van der Waals surface area contributed by atoms with Crippen LogP contribution in [0.4, 0.5) is 0 Å². The molecule has 82 valence electrons. The summed E-state index contributed by atoms with van der Waals surface area (Å²) in [6.07, 6.45) is 11.1. The van der Waals surface area contributed by atoms with Gasteiger partial charge >= 0.3 is 0 Å². The molecule has 0 amide bonds. The number of allylic oxidation sites excluding steroid dienone is 3. The second-order valence-electron chi connectivity index (χ2n) is 4.07. The minimum atomic E-state index is 1.22. The first-order valence-electron chi connectivity index (χ1n) is 6.07. The van der Waals surface area contributed by atoms with Crippen molar-refractivity contribution in [2.75, 3.05) is 0 Å². The molecular weight excluding hydrogens is 168 g/mol. The third-order valence-corrected chi connectivity index (χ3v) is 2.75. The molecule has 0 fully saturated rings. The van der Waals surface area contributed by atoms with Gasteiger partial charge in [0.15, 0.2) is 0 Å². The van der Waals surface area contributed by atoms with Crippen molar-refractivity contribution in [2.24, 2.45) is 0 Å². The highest BCUT2D eigenvalue weighted by molar-refractivity contribution is 5.22. The molecule has 0 saturated carbocycles. The van der Waals surface area contributed by atoms with Crippen LogP contribution in [0, 0.1) is 0 Å². The van der Waals surface area contributed by atoms with Gasteiger partial charge in [-0.3, -0.25) is 0 Å². The summed E-state index contributed by atoms with van der Waals surface area (Å²) in [5, 5.41) is 0. The minimum Gasteiger partial charge on any atom is -0.0988 e. The SMILES string of the molecule is C=C/C(CCCC)=C(\C)CCCCC. The third-order valence-electron chi connectivity index (χ3n) is 2.75. The maximum atomic E-state index is 3.91. The first-order valence-corrected chi connectivity index (χ1v) is 6.07. The lowest BCUT2D eigenvalue weighted by Gasteiger charge is -2.07. The quantitative estimate of drug-likeness (QED) is 0.365. The number of hydrogen-bond donors (Lipinski definition) is 0. The van der Waals surface area contributed by atoms with E-state index in [0.29, 0.717) is 0 Å². The molecule has 14 heavy (non-hydrogen) atoms. The Labute approximate surface area is 90.1 Å². The van der Waals surface area contributed by atoms with E-state index in [1.807, 2.05) is 0 Å². The molecule has 0 N–H and O–H groups in total. The van der Waals surface area contributed by atoms with Crippen LogP contribution in [0.15, 0.2) is 23.8 Å². The van der Waals surface area contributed by atoms with Crippen LogP contribution in [0.1, 0.15) is 65.7 Å². The fourth-order valence-electron chi connectivity index (χ4n) is 1.66. The molecule has 0 aromatic carbocycles. The van der Waals surface area contributed by atoms with Gasteiger partial charge in [0.25, 0.3) is 0 Å². The van der Waals surface area contributed by atoms with E-state index < -0.39 is 0 Å². The van der Waals surface area contributed by atoms with Crippen LogP contribution in [0.2, 0.25) is 0 Å². The van der Waals surface area contributed by atoms with Gasteiger partial charge in [0.1, 0.15) is 0 Å². The first kappa shape index (κ1) is 13.5. The minimum absolute atomic E-state index is 1.22. The molecule has 0 heterocycles. The van der Waals surface area contributed by atoms with Crippen molar-refractivity contribution in [3.63, 3.8) is 0 Å². The van der Waals surface area contributed by atoms with Gasteiger partial charge in [-0.15, -0.1) is 0 Å². The van der Waals surface area contributed by atoms with E-state index in [0.717, 1.165) is 0 Å². The Morgan fingerprint density at radius 1 is 1.00 bits per heavy atom. The largest absolute Gasteiger partial charge is 0.0988 e. The zero-order valence-electron chi connectivity index (χ0n) is 10.2. The third kappa shape index (κ3) is 6.01. The van der Waals surface area contributed by atoms with Gasteiger partial charge in [-0.1, -0.05) is 51.3 Å². The Kier molecular flexibility index (Phi) is 8.72. The second-order valence-corrected chi connectivity index (χ2v) is 4.07. The first-order chi connectivity index (χ1) is 6.76. The molecule has 0 heteroatoms. The van der Waals surface area contributed by atoms with Crippen molar-refractivity contribution in [3.8, 4) is 0 Å². The summed E-state index contributed by atoms with van der Waals surface area (Å²) in [5.74, 6) is 0. The normalized spacial score (nSPS) is 12.5. The van der Waals surface area contributed by atoms with Crippen LogP contribution in [0.3, 0.4) is 0 Å². The summed E-state index contributed by atoms with van der Waals surface area (Å²) < 4.78 is 0. The van der Waals surface area contributed by atoms with Gasteiger partial charge in [-0.25, -0.2) is 0 Å². The monoisotopic (exact) mass is 194 g/mol. The van der Waals surface area contributed by atoms with Crippen molar-refractivity contribution in [2.45, 2.75) is 65.7 Å². The number of hydrogen-bond acceptors (Lipinski definition) is 0. The van der Waals surface area contributed by atoms with Crippen molar-refractivity contribution in [1.29, 1.82) is 0 Å². The lowest BCUT2D eigenvalue weighted by atomic mass is 9.99. The van der Waals surface area contributed by atoms with Gasteiger partial charge in [-0.05, 0) is 38.2 Å². The van der Waals surface area contributed by atoms with Gasteiger partial charge in [0.05, 0.1) is 0 Å². The molecule has 0 aliphatic rings. The van der Waals surface area contributed by atoms with Crippen molar-refractivity contribution < 1.29 is 0 Å².